The molecule has 7 heteroatoms. The molecular weight excluding hydrogens is 242 g/mol. The van der Waals surface area contributed by atoms with Gasteiger partial charge in [0.25, 0.3) is 3.79 Å². The number of alkyl halides is 3. The van der Waals surface area contributed by atoms with Gasteiger partial charge in [0.1, 0.15) is 13.2 Å². The molecule has 0 atom stereocenters. The summed E-state index contributed by atoms with van der Waals surface area (Å²) in [5, 5.41) is 0. The summed E-state index contributed by atoms with van der Waals surface area (Å²) < 4.78 is 6.82. The maximum Gasteiger partial charge on any atom is 0.358 e. The molecule has 0 radical (unpaired) electrons. The molecule has 0 aromatic carbocycles. The predicted molar refractivity (Wildman–Crippen MR) is 47.9 cm³/mol. The van der Waals surface area contributed by atoms with Crippen LogP contribution in [0.1, 0.15) is 6.92 Å². The van der Waals surface area contributed by atoms with Gasteiger partial charge in [0.2, 0.25) is 0 Å². The Morgan fingerprint density at radius 1 is 1.15 bits per heavy atom. The molecule has 0 aromatic heterocycles. The second-order valence-corrected chi connectivity index (χ2v) is 4.25. The average molecular weight is 249 g/mol. The second kappa shape index (κ2) is 5.52. The Morgan fingerprint density at radius 2 is 1.62 bits per heavy atom. The van der Waals surface area contributed by atoms with Crippen LogP contribution >= 0.6 is 34.8 Å². The van der Waals surface area contributed by atoms with E-state index in [2.05, 4.69) is 9.47 Å². The zero-order valence-electron chi connectivity index (χ0n) is 6.68. The zero-order chi connectivity index (χ0) is 10.5. The lowest BCUT2D eigenvalue weighted by Gasteiger charge is -2.09. The van der Waals surface area contributed by atoms with Crippen LogP contribution in [0, 0.1) is 0 Å². The van der Waals surface area contributed by atoms with Gasteiger partial charge in [-0.1, -0.05) is 34.8 Å². The Kier molecular flexibility index (Phi) is 5.44. The van der Waals surface area contributed by atoms with Crippen LogP contribution in [0.15, 0.2) is 0 Å². The molecule has 13 heavy (non-hydrogen) atoms. The van der Waals surface area contributed by atoms with Crippen LogP contribution in [-0.4, -0.2) is 28.9 Å². The molecule has 4 nitrogen and oxygen atoms in total. The Bertz CT molecular complexity index is 199. The normalized spacial score (nSPS) is 10.8. The van der Waals surface area contributed by atoms with Gasteiger partial charge in [-0.15, -0.1) is 0 Å². The molecular formula is C6H7Cl3O4. The Balaban J connectivity index is 3.55. The van der Waals surface area contributed by atoms with Crippen LogP contribution in [-0.2, 0) is 19.1 Å². The van der Waals surface area contributed by atoms with E-state index in [-0.39, 0.29) is 13.2 Å². The minimum absolute atomic E-state index is 0.0538. The maximum atomic E-state index is 10.8. The summed E-state index contributed by atoms with van der Waals surface area (Å²) in [6, 6.07) is 0. The molecule has 0 saturated carbocycles. The van der Waals surface area contributed by atoms with Crippen molar-refractivity contribution in [3.8, 4) is 0 Å². The van der Waals surface area contributed by atoms with Crippen molar-refractivity contribution in [1.29, 1.82) is 0 Å². The molecule has 0 heterocycles. The van der Waals surface area contributed by atoms with Gasteiger partial charge in [-0.25, -0.2) is 4.79 Å². The fourth-order valence-electron chi connectivity index (χ4n) is 0.402. The molecule has 0 aliphatic heterocycles. The largest absolute Gasteiger partial charge is 0.462 e. The van der Waals surface area contributed by atoms with Crippen molar-refractivity contribution < 1.29 is 19.1 Å². The molecule has 0 saturated heterocycles. The Morgan fingerprint density at radius 3 is 2.00 bits per heavy atom. The van der Waals surface area contributed by atoms with Gasteiger partial charge in [-0.3, -0.25) is 4.79 Å². The smallest absolute Gasteiger partial charge is 0.358 e. The summed E-state index contributed by atoms with van der Waals surface area (Å²) in [7, 11) is 0. The van der Waals surface area contributed by atoms with E-state index in [0.29, 0.717) is 0 Å². The van der Waals surface area contributed by atoms with Gasteiger partial charge in [-0.05, 0) is 0 Å². The highest BCUT2D eigenvalue weighted by Crippen LogP contribution is 2.27. The highest BCUT2D eigenvalue weighted by Gasteiger charge is 2.32. The van der Waals surface area contributed by atoms with E-state index in [9.17, 15) is 9.59 Å². The Hall–Kier alpha value is -0.190. The van der Waals surface area contributed by atoms with E-state index in [1.807, 2.05) is 0 Å². The number of hydrogen-bond acceptors (Lipinski definition) is 4. The first-order chi connectivity index (χ1) is 5.84. The molecule has 0 rings (SSSR count). The quantitative estimate of drug-likeness (QED) is 0.432. The first kappa shape index (κ1) is 12.8. The number of carbonyl (C=O) groups is 2. The number of ether oxygens (including phenoxy) is 2. The molecule has 0 amide bonds. The highest BCUT2D eigenvalue weighted by molar-refractivity contribution is 6.75. The first-order valence-electron chi connectivity index (χ1n) is 3.21. The van der Waals surface area contributed by atoms with E-state index < -0.39 is 15.7 Å². The standard InChI is InChI=1S/C6H7Cl3O4/c1-4(10)12-2-3-13-5(11)6(7,8)9/h2-3H2,1H3. The SMILES string of the molecule is CC(=O)OCCOC(=O)C(Cl)(Cl)Cl. The molecule has 0 fully saturated rings. The number of rotatable bonds is 3. The summed E-state index contributed by atoms with van der Waals surface area (Å²) >= 11 is 15.5. The predicted octanol–water partition coefficient (Wildman–Crippen LogP) is 1.46. The van der Waals surface area contributed by atoms with Crippen molar-refractivity contribution in [3.63, 3.8) is 0 Å². The third-order valence-corrected chi connectivity index (χ3v) is 1.32. The van der Waals surface area contributed by atoms with Gasteiger partial charge in [0, 0.05) is 6.92 Å². The van der Waals surface area contributed by atoms with Crippen LogP contribution in [0.2, 0.25) is 0 Å². The van der Waals surface area contributed by atoms with Crippen LogP contribution in [0.3, 0.4) is 0 Å². The summed E-state index contributed by atoms with van der Waals surface area (Å²) in [6.45, 7) is 1.05. The second-order valence-electron chi connectivity index (χ2n) is 1.97. The molecule has 0 aromatic rings. The van der Waals surface area contributed by atoms with E-state index in [0.717, 1.165) is 0 Å². The van der Waals surface area contributed by atoms with Crippen molar-refractivity contribution >= 4 is 46.7 Å². The average Bonchev–Trinajstić information content (AvgIpc) is 1.95. The monoisotopic (exact) mass is 248 g/mol. The lowest BCUT2D eigenvalue weighted by Crippen LogP contribution is -2.23. The molecule has 0 bridgehead atoms. The summed E-state index contributed by atoms with van der Waals surface area (Å²) in [4.78, 5) is 21.0. The molecule has 0 aliphatic rings. The van der Waals surface area contributed by atoms with Gasteiger partial charge in [-0.2, -0.15) is 0 Å². The van der Waals surface area contributed by atoms with Crippen molar-refractivity contribution in [2.24, 2.45) is 0 Å². The van der Waals surface area contributed by atoms with E-state index in [4.69, 9.17) is 34.8 Å². The Labute approximate surface area is 90.0 Å². The minimum atomic E-state index is -2.09. The van der Waals surface area contributed by atoms with Gasteiger partial charge >= 0.3 is 11.9 Å². The number of esters is 2. The number of halogens is 3. The van der Waals surface area contributed by atoms with Gasteiger partial charge in [0.15, 0.2) is 0 Å². The van der Waals surface area contributed by atoms with Gasteiger partial charge in [0.05, 0.1) is 0 Å². The van der Waals surface area contributed by atoms with E-state index in [1.165, 1.54) is 6.92 Å². The van der Waals surface area contributed by atoms with Crippen molar-refractivity contribution in [3.05, 3.63) is 0 Å². The van der Waals surface area contributed by atoms with Crippen molar-refractivity contribution in [2.45, 2.75) is 10.7 Å². The summed E-state index contributed by atoms with van der Waals surface area (Å²) in [6.07, 6.45) is 0. The molecule has 0 aliphatic carbocycles. The molecule has 0 unspecified atom stereocenters. The minimum Gasteiger partial charge on any atom is -0.462 e. The topological polar surface area (TPSA) is 52.6 Å². The summed E-state index contributed by atoms with van der Waals surface area (Å²) in [5.74, 6) is -1.46. The van der Waals surface area contributed by atoms with Crippen LogP contribution in [0.5, 0.6) is 0 Å². The van der Waals surface area contributed by atoms with Crippen LogP contribution in [0.4, 0.5) is 0 Å². The summed E-state index contributed by atoms with van der Waals surface area (Å²) in [5.41, 5.74) is 0. The number of carbonyl (C=O) groups excluding carboxylic acids is 2. The zero-order valence-corrected chi connectivity index (χ0v) is 8.95. The fourth-order valence-corrected chi connectivity index (χ4v) is 0.565. The third kappa shape index (κ3) is 6.93. The third-order valence-electron chi connectivity index (χ3n) is 0.853. The van der Waals surface area contributed by atoms with Crippen LogP contribution in [0.25, 0.3) is 0 Å². The fraction of sp³-hybridized carbons (Fsp3) is 0.667. The molecule has 0 N–H and O–H groups in total. The van der Waals surface area contributed by atoms with Crippen molar-refractivity contribution in [1.82, 2.24) is 0 Å². The molecule has 0 spiro atoms. The van der Waals surface area contributed by atoms with Crippen molar-refractivity contribution in [2.75, 3.05) is 13.2 Å². The highest BCUT2D eigenvalue weighted by atomic mass is 35.6. The first-order valence-corrected chi connectivity index (χ1v) is 4.34. The lowest BCUT2D eigenvalue weighted by molar-refractivity contribution is -0.150. The maximum absolute atomic E-state index is 10.8. The number of hydrogen-bond donors (Lipinski definition) is 0. The molecule has 76 valence electrons. The van der Waals surface area contributed by atoms with Crippen LogP contribution < -0.4 is 0 Å². The van der Waals surface area contributed by atoms with E-state index >= 15 is 0 Å². The van der Waals surface area contributed by atoms with Gasteiger partial charge < -0.3 is 9.47 Å². The van der Waals surface area contributed by atoms with E-state index in [1.54, 1.807) is 0 Å². The lowest BCUT2D eigenvalue weighted by atomic mass is 10.7.